The number of likely N-dealkylation sites (tertiary alicyclic amines) is 1. The van der Waals surface area contributed by atoms with Gasteiger partial charge in [-0.1, -0.05) is 0 Å². The predicted octanol–water partition coefficient (Wildman–Crippen LogP) is 3.68. The van der Waals surface area contributed by atoms with E-state index >= 15 is 0 Å². The van der Waals surface area contributed by atoms with Crippen molar-refractivity contribution in [1.82, 2.24) is 9.47 Å². The second-order valence-corrected chi connectivity index (χ2v) is 8.83. The molecule has 0 aliphatic carbocycles. The van der Waals surface area contributed by atoms with Crippen LogP contribution in [0, 0.1) is 0 Å². The van der Waals surface area contributed by atoms with Gasteiger partial charge in [0.2, 0.25) is 0 Å². The number of benzene rings is 1. The summed E-state index contributed by atoms with van der Waals surface area (Å²) in [5, 5.41) is 12.6. The molecule has 8 nitrogen and oxygen atoms in total. The molecular formula is C24H32N4O4. The second-order valence-electron chi connectivity index (χ2n) is 8.83. The molecular weight excluding hydrogens is 408 g/mol. The number of hydrogen-bond donors (Lipinski definition) is 2. The lowest BCUT2D eigenvalue weighted by Crippen LogP contribution is -2.38. The SMILES string of the molecule is CCNc1c2cc(OC(C)C)c(CN3CCC(n4ccc(C(=O)O)cc4=O)CC3)c1N2C. The van der Waals surface area contributed by atoms with Gasteiger partial charge in [-0.25, -0.2) is 4.79 Å². The van der Waals surface area contributed by atoms with Gasteiger partial charge >= 0.3 is 5.97 Å². The van der Waals surface area contributed by atoms with Gasteiger partial charge in [-0.2, -0.15) is 0 Å². The molecule has 2 bridgehead atoms. The average molecular weight is 441 g/mol. The molecule has 0 amide bonds. The first-order valence-corrected chi connectivity index (χ1v) is 11.3. The maximum absolute atomic E-state index is 12.4. The van der Waals surface area contributed by atoms with Crippen LogP contribution in [-0.4, -0.2) is 53.3 Å². The van der Waals surface area contributed by atoms with Gasteiger partial charge in [-0.05, 0) is 39.7 Å². The first kappa shape index (κ1) is 22.2. The summed E-state index contributed by atoms with van der Waals surface area (Å²) in [6.45, 7) is 9.59. The maximum atomic E-state index is 12.4. The van der Waals surface area contributed by atoms with Crippen molar-refractivity contribution in [2.24, 2.45) is 0 Å². The lowest BCUT2D eigenvalue weighted by Gasteiger charge is -2.41. The monoisotopic (exact) mass is 440 g/mol. The van der Waals surface area contributed by atoms with Crippen molar-refractivity contribution in [2.75, 3.05) is 36.9 Å². The van der Waals surface area contributed by atoms with Crippen LogP contribution in [0.25, 0.3) is 0 Å². The zero-order chi connectivity index (χ0) is 23.0. The highest BCUT2D eigenvalue weighted by Crippen LogP contribution is 2.55. The summed E-state index contributed by atoms with van der Waals surface area (Å²) < 4.78 is 7.83. The number of carboxylic acid groups (broad SMARTS) is 1. The van der Waals surface area contributed by atoms with E-state index in [0.29, 0.717) is 0 Å². The predicted molar refractivity (Wildman–Crippen MR) is 126 cm³/mol. The molecule has 4 heterocycles. The zero-order valence-corrected chi connectivity index (χ0v) is 19.2. The molecule has 3 aliphatic rings. The molecule has 5 rings (SSSR count). The molecule has 172 valence electrons. The van der Waals surface area contributed by atoms with Gasteiger partial charge in [-0.3, -0.25) is 9.69 Å². The number of piperidine rings is 1. The van der Waals surface area contributed by atoms with E-state index in [1.165, 1.54) is 34.8 Å². The number of hydrogen-bond acceptors (Lipinski definition) is 6. The Morgan fingerprint density at radius 3 is 2.59 bits per heavy atom. The smallest absolute Gasteiger partial charge is 0.335 e. The zero-order valence-electron chi connectivity index (χ0n) is 19.2. The molecule has 8 heteroatoms. The van der Waals surface area contributed by atoms with Gasteiger partial charge in [0.05, 0.1) is 28.7 Å². The molecule has 1 aromatic carbocycles. The number of aromatic nitrogens is 1. The summed E-state index contributed by atoms with van der Waals surface area (Å²) in [4.78, 5) is 28.1. The first-order valence-electron chi connectivity index (χ1n) is 11.3. The van der Waals surface area contributed by atoms with E-state index in [2.05, 4.69) is 35.2 Å². The van der Waals surface area contributed by atoms with Crippen molar-refractivity contribution < 1.29 is 14.6 Å². The minimum absolute atomic E-state index is 0.0346. The molecule has 0 atom stereocenters. The molecule has 32 heavy (non-hydrogen) atoms. The fraction of sp³-hybridized carbons (Fsp3) is 0.500. The third kappa shape index (κ3) is 4.07. The Kier molecular flexibility index (Phi) is 6.15. The van der Waals surface area contributed by atoms with Crippen molar-refractivity contribution >= 4 is 23.0 Å². The van der Waals surface area contributed by atoms with E-state index in [9.17, 15) is 9.59 Å². The van der Waals surface area contributed by atoms with Gasteiger partial charge in [0.1, 0.15) is 5.75 Å². The van der Waals surface area contributed by atoms with Gasteiger partial charge in [0, 0.05) is 63.2 Å². The number of fused-ring (bicyclic) bond motifs is 2. The lowest BCUT2D eigenvalue weighted by atomic mass is 9.96. The van der Waals surface area contributed by atoms with E-state index in [1.807, 2.05) is 13.8 Å². The van der Waals surface area contributed by atoms with Crippen LogP contribution in [0.1, 0.15) is 55.6 Å². The molecule has 2 aromatic rings. The second kappa shape index (κ2) is 8.86. The minimum atomic E-state index is -1.08. The van der Waals surface area contributed by atoms with Crippen LogP contribution in [0.3, 0.4) is 0 Å². The molecule has 3 aliphatic heterocycles. The summed E-state index contributed by atoms with van der Waals surface area (Å²) in [6.07, 6.45) is 3.41. The summed E-state index contributed by atoms with van der Waals surface area (Å²) in [5.41, 5.74) is 4.56. The quantitative estimate of drug-likeness (QED) is 0.647. The molecule has 1 saturated heterocycles. The van der Waals surface area contributed by atoms with Crippen molar-refractivity contribution in [3.8, 4) is 5.75 Å². The van der Waals surface area contributed by atoms with E-state index in [0.717, 1.165) is 44.8 Å². The van der Waals surface area contributed by atoms with Crippen molar-refractivity contribution in [3.05, 3.63) is 45.9 Å². The number of ether oxygens (including phenoxy) is 1. The topological polar surface area (TPSA) is 87.0 Å². The summed E-state index contributed by atoms with van der Waals surface area (Å²) >= 11 is 0. The van der Waals surface area contributed by atoms with E-state index in [4.69, 9.17) is 9.84 Å². The summed E-state index contributed by atoms with van der Waals surface area (Å²) in [5.74, 6) is -0.124. The Balaban J connectivity index is 1.49. The molecule has 1 aromatic heterocycles. The normalized spacial score (nSPS) is 16.2. The van der Waals surface area contributed by atoms with Gasteiger partial charge in [0.25, 0.3) is 5.56 Å². The molecule has 0 unspecified atom stereocenters. The number of aromatic carboxylic acids is 1. The highest BCUT2D eigenvalue weighted by molar-refractivity contribution is 6.01. The molecule has 1 fully saturated rings. The average Bonchev–Trinajstić information content (AvgIpc) is 2.75. The number of rotatable bonds is 8. The highest BCUT2D eigenvalue weighted by atomic mass is 16.5. The number of nitrogens with zero attached hydrogens (tertiary/aromatic N) is 3. The van der Waals surface area contributed by atoms with Crippen LogP contribution in [0.4, 0.5) is 17.1 Å². The highest BCUT2D eigenvalue weighted by Gasteiger charge is 2.33. The van der Waals surface area contributed by atoms with Crippen LogP contribution in [0.15, 0.2) is 29.2 Å². The van der Waals surface area contributed by atoms with E-state index in [1.54, 1.807) is 10.8 Å². The van der Waals surface area contributed by atoms with Crippen molar-refractivity contribution in [2.45, 2.75) is 52.3 Å². The number of pyridine rings is 1. The number of carbonyl (C=O) groups is 1. The van der Waals surface area contributed by atoms with Gasteiger partial charge in [0.15, 0.2) is 0 Å². The van der Waals surface area contributed by atoms with Crippen molar-refractivity contribution in [3.63, 3.8) is 0 Å². The van der Waals surface area contributed by atoms with E-state index < -0.39 is 5.97 Å². The maximum Gasteiger partial charge on any atom is 0.335 e. The minimum Gasteiger partial charge on any atom is -0.491 e. The standard InChI is InChI=1S/C24H32N4O4/c1-5-25-22-19-13-20(32-15(2)3)18(23(22)26(19)4)14-27-9-7-17(8-10-27)28-11-6-16(24(30)31)12-21(28)29/h6,11-13,15,17,25H,5,7-10,14H2,1-4H3,(H,30,31). The van der Waals surface area contributed by atoms with Crippen LogP contribution >= 0.6 is 0 Å². The lowest BCUT2D eigenvalue weighted by molar-refractivity contribution is 0.0696. The molecule has 0 radical (unpaired) electrons. The van der Waals surface area contributed by atoms with E-state index in [-0.39, 0.29) is 23.3 Å². The first-order chi connectivity index (χ1) is 15.3. The van der Waals surface area contributed by atoms with Crippen molar-refractivity contribution in [1.29, 1.82) is 0 Å². The number of anilines is 3. The Morgan fingerprint density at radius 2 is 2.00 bits per heavy atom. The Morgan fingerprint density at radius 1 is 1.28 bits per heavy atom. The Hall–Kier alpha value is -3.00. The van der Waals surface area contributed by atoms with Crippen LogP contribution in [0.5, 0.6) is 5.75 Å². The van der Waals surface area contributed by atoms with Crippen LogP contribution < -0.4 is 20.5 Å². The Labute approximate surface area is 188 Å². The third-order valence-electron chi connectivity index (χ3n) is 6.28. The summed E-state index contributed by atoms with van der Waals surface area (Å²) in [7, 11) is 2.09. The number of carboxylic acids is 1. The number of nitrogens with one attached hydrogen (secondary N) is 1. The molecule has 2 N–H and O–H groups in total. The molecule has 0 saturated carbocycles. The summed E-state index contributed by atoms with van der Waals surface area (Å²) in [6, 6.07) is 4.94. The van der Waals surface area contributed by atoms with Gasteiger partial charge in [-0.15, -0.1) is 0 Å². The van der Waals surface area contributed by atoms with Crippen LogP contribution in [0.2, 0.25) is 0 Å². The largest absolute Gasteiger partial charge is 0.491 e. The van der Waals surface area contributed by atoms with Crippen LogP contribution in [-0.2, 0) is 6.54 Å². The third-order valence-corrected chi connectivity index (χ3v) is 6.28. The fourth-order valence-corrected chi connectivity index (χ4v) is 4.74. The fourth-order valence-electron chi connectivity index (χ4n) is 4.74. The van der Waals surface area contributed by atoms with Gasteiger partial charge < -0.3 is 24.6 Å². The molecule has 0 spiro atoms. The Bertz CT molecular complexity index is 1070.